The van der Waals surface area contributed by atoms with Gasteiger partial charge in [0.25, 0.3) is 0 Å². The SMILES string of the molecule is CCCCCCCCCCCCOCCOCCOC(COCCOCCOCCO)NO. The molecule has 0 aromatic heterocycles. The third-order valence-electron chi connectivity index (χ3n) is 4.95. The van der Waals surface area contributed by atoms with E-state index in [0.29, 0.717) is 59.5 Å². The number of aliphatic hydroxyl groups excluding tert-OH is 1. The van der Waals surface area contributed by atoms with Crippen molar-refractivity contribution in [3.05, 3.63) is 0 Å². The van der Waals surface area contributed by atoms with E-state index in [1.165, 1.54) is 57.8 Å². The van der Waals surface area contributed by atoms with Crippen molar-refractivity contribution in [3.63, 3.8) is 0 Å². The summed E-state index contributed by atoms with van der Waals surface area (Å²) >= 11 is 0. The minimum Gasteiger partial charge on any atom is -0.394 e. The lowest BCUT2D eigenvalue weighted by Crippen LogP contribution is -2.35. The quantitative estimate of drug-likeness (QED) is 0.0842. The molecule has 0 bridgehead atoms. The molecule has 0 aliphatic rings. The van der Waals surface area contributed by atoms with Gasteiger partial charge in [-0.1, -0.05) is 64.7 Å². The predicted molar refractivity (Wildman–Crippen MR) is 128 cm³/mol. The van der Waals surface area contributed by atoms with E-state index in [-0.39, 0.29) is 13.2 Å². The van der Waals surface area contributed by atoms with Crippen LogP contribution in [0.2, 0.25) is 0 Å². The maximum atomic E-state index is 9.10. The Morgan fingerprint density at radius 3 is 1.55 bits per heavy atom. The normalized spacial score (nSPS) is 12.5. The largest absolute Gasteiger partial charge is 0.394 e. The van der Waals surface area contributed by atoms with Crippen LogP contribution in [-0.2, 0) is 28.4 Å². The van der Waals surface area contributed by atoms with E-state index in [0.717, 1.165) is 13.0 Å². The highest BCUT2D eigenvalue weighted by Crippen LogP contribution is 2.10. The van der Waals surface area contributed by atoms with Gasteiger partial charge in [-0.3, -0.25) is 0 Å². The Labute approximate surface area is 201 Å². The highest BCUT2D eigenvalue weighted by molar-refractivity contribution is 4.48. The summed E-state index contributed by atoms with van der Waals surface area (Å²) in [6.07, 6.45) is 12.6. The lowest BCUT2D eigenvalue weighted by molar-refractivity contribution is -0.108. The molecule has 9 nitrogen and oxygen atoms in total. The van der Waals surface area contributed by atoms with Crippen LogP contribution in [0.3, 0.4) is 0 Å². The molecule has 0 aromatic rings. The first-order valence-corrected chi connectivity index (χ1v) is 12.9. The van der Waals surface area contributed by atoms with Crippen molar-refractivity contribution in [1.29, 1.82) is 0 Å². The van der Waals surface area contributed by atoms with Gasteiger partial charge in [0.2, 0.25) is 0 Å². The van der Waals surface area contributed by atoms with Crippen LogP contribution in [0.15, 0.2) is 0 Å². The third-order valence-corrected chi connectivity index (χ3v) is 4.95. The van der Waals surface area contributed by atoms with Crippen LogP contribution in [-0.4, -0.2) is 95.8 Å². The molecule has 0 fully saturated rings. The van der Waals surface area contributed by atoms with E-state index in [2.05, 4.69) is 12.4 Å². The van der Waals surface area contributed by atoms with Gasteiger partial charge in [0.05, 0.1) is 72.7 Å². The summed E-state index contributed by atoms with van der Waals surface area (Å²) in [5.41, 5.74) is 2.07. The van der Waals surface area contributed by atoms with Crippen LogP contribution >= 0.6 is 0 Å². The van der Waals surface area contributed by atoms with Crippen molar-refractivity contribution in [2.75, 3.05) is 79.3 Å². The Balaban J connectivity index is 3.23. The molecule has 0 heterocycles. The highest BCUT2D eigenvalue weighted by atomic mass is 16.6. The smallest absolute Gasteiger partial charge is 0.153 e. The number of aliphatic hydroxyl groups is 1. The highest BCUT2D eigenvalue weighted by Gasteiger charge is 2.07. The summed E-state index contributed by atoms with van der Waals surface area (Å²) in [7, 11) is 0. The van der Waals surface area contributed by atoms with Crippen molar-refractivity contribution in [2.45, 2.75) is 77.4 Å². The molecule has 3 N–H and O–H groups in total. The second-order valence-electron chi connectivity index (χ2n) is 7.92. The minimum absolute atomic E-state index is 0.0108. The fourth-order valence-corrected chi connectivity index (χ4v) is 3.08. The summed E-state index contributed by atoms with van der Waals surface area (Å²) in [6, 6.07) is 0. The van der Waals surface area contributed by atoms with Gasteiger partial charge in [0, 0.05) is 6.61 Å². The standard InChI is InChI=1S/C24H51NO8/c1-2-3-4-5-6-7-8-9-10-11-13-28-15-17-31-21-22-33-24(25-27)23-32-20-19-30-18-16-29-14-12-26/h24-27H,2-23H2,1H3. The lowest BCUT2D eigenvalue weighted by atomic mass is 10.1. The molecule has 0 rings (SSSR count). The molecule has 9 heteroatoms. The molecule has 0 amide bonds. The van der Waals surface area contributed by atoms with Gasteiger partial charge in [0.15, 0.2) is 6.23 Å². The van der Waals surface area contributed by atoms with E-state index in [4.69, 9.17) is 38.7 Å². The summed E-state index contributed by atoms with van der Waals surface area (Å²) < 4.78 is 32.3. The molecule has 0 aliphatic heterocycles. The van der Waals surface area contributed by atoms with Gasteiger partial charge in [-0.2, -0.15) is 5.48 Å². The molecule has 0 aliphatic carbocycles. The molecule has 0 saturated heterocycles. The first kappa shape index (κ1) is 32.6. The topological polar surface area (TPSA) is 108 Å². The van der Waals surface area contributed by atoms with Crippen molar-refractivity contribution in [1.82, 2.24) is 5.48 Å². The first-order chi connectivity index (χ1) is 16.3. The average molecular weight is 482 g/mol. The molecule has 1 unspecified atom stereocenters. The Kier molecular flexibility index (Phi) is 29.3. The van der Waals surface area contributed by atoms with Crippen LogP contribution in [0.5, 0.6) is 0 Å². The maximum absolute atomic E-state index is 9.10. The molecule has 200 valence electrons. The van der Waals surface area contributed by atoms with Gasteiger partial charge >= 0.3 is 0 Å². The van der Waals surface area contributed by atoms with Crippen molar-refractivity contribution in [3.8, 4) is 0 Å². The number of hydroxylamine groups is 1. The number of hydrogen-bond acceptors (Lipinski definition) is 9. The van der Waals surface area contributed by atoms with Gasteiger partial charge in [-0.25, -0.2) is 0 Å². The van der Waals surface area contributed by atoms with Crippen LogP contribution in [0.1, 0.15) is 71.1 Å². The van der Waals surface area contributed by atoms with Gasteiger partial charge in [-0.15, -0.1) is 0 Å². The third kappa shape index (κ3) is 27.8. The van der Waals surface area contributed by atoms with Crippen LogP contribution in [0.25, 0.3) is 0 Å². The molecule has 33 heavy (non-hydrogen) atoms. The zero-order chi connectivity index (χ0) is 24.1. The minimum atomic E-state index is -0.617. The van der Waals surface area contributed by atoms with E-state index < -0.39 is 6.23 Å². The van der Waals surface area contributed by atoms with Crippen molar-refractivity contribution >= 4 is 0 Å². The van der Waals surface area contributed by atoms with Gasteiger partial charge < -0.3 is 38.7 Å². The predicted octanol–water partition coefficient (Wildman–Crippen LogP) is 3.30. The number of hydrogen-bond donors (Lipinski definition) is 3. The molecule has 0 radical (unpaired) electrons. The molecule has 0 spiro atoms. The molecule has 0 aromatic carbocycles. The van der Waals surface area contributed by atoms with Crippen molar-refractivity contribution in [2.24, 2.45) is 0 Å². The first-order valence-electron chi connectivity index (χ1n) is 12.9. The van der Waals surface area contributed by atoms with Crippen molar-refractivity contribution < 1.29 is 38.7 Å². The van der Waals surface area contributed by atoms with Crippen LogP contribution in [0.4, 0.5) is 0 Å². The van der Waals surface area contributed by atoms with E-state index in [1.54, 1.807) is 0 Å². The summed E-state index contributed by atoms with van der Waals surface area (Å²) in [5, 5.41) is 17.7. The molecular weight excluding hydrogens is 430 g/mol. The second-order valence-corrected chi connectivity index (χ2v) is 7.92. The summed E-state index contributed by atoms with van der Waals surface area (Å²) in [5.74, 6) is 0. The van der Waals surface area contributed by atoms with Gasteiger partial charge in [-0.05, 0) is 6.42 Å². The van der Waals surface area contributed by atoms with Gasteiger partial charge in [0.1, 0.15) is 0 Å². The summed E-state index contributed by atoms with van der Waals surface area (Å²) in [4.78, 5) is 0. The fourth-order valence-electron chi connectivity index (χ4n) is 3.08. The van der Waals surface area contributed by atoms with E-state index >= 15 is 0 Å². The number of unbranched alkanes of at least 4 members (excludes halogenated alkanes) is 9. The Morgan fingerprint density at radius 1 is 0.545 bits per heavy atom. The van der Waals surface area contributed by atoms with E-state index in [9.17, 15) is 0 Å². The zero-order valence-corrected chi connectivity index (χ0v) is 21.0. The summed E-state index contributed by atoms with van der Waals surface area (Å²) in [6.45, 7) is 7.17. The second kappa shape index (κ2) is 29.7. The Morgan fingerprint density at radius 2 is 1.00 bits per heavy atom. The monoisotopic (exact) mass is 481 g/mol. The number of ether oxygens (including phenoxy) is 6. The fraction of sp³-hybridized carbons (Fsp3) is 1.00. The lowest BCUT2D eigenvalue weighted by Gasteiger charge is -2.16. The molecule has 1 atom stereocenters. The molecular formula is C24H51NO8. The van der Waals surface area contributed by atoms with Crippen LogP contribution in [0, 0.1) is 0 Å². The Bertz CT molecular complexity index is 352. The number of nitrogens with one attached hydrogen (secondary N) is 1. The average Bonchev–Trinajstić information content (AvgIpc) is 2.83. The zero-order valence-electron chi connectivity index (χ0n) is 21.0. The maximum Gasteiger partial charge on any atom is 0.153 e. The van der Waals surface area contributed by atoms with Crippen LogP contribution < -0.4 is 5.48 Å². The Hall–Kier alpha value is -0.360. The number of rotatable bonds is 29. The molecule has 0 saturated carbocycles. The van der Waals surface area contributed by atoms with E-state index in [1.807, 2.05) is 0 Å².